The van der Waals surface area contributed by atoms with E-state index in [1.165, 1.54) is 0 Å². The van der Waals surface area contributed by atoms with Crippen LogP contribution in [0.4, 0.5) is 5.69 Å². The zero-order valence-electron chi connectivity index (χ0n) is 17.3. The fourth-order valence-corrected chi connectivity index (χ4v) is 5.00. The number of H-pyrrole nitrogens is 1. The molecule has 0 amide bonds. The first kappa shape index (κ1) is 21.8. The molecule has 0 saturated carbocycles. The molecule has 0 aliphatic carbocycles. The number of aromatic amines is 1. The first-order valence-electron chi connectivity index (χ1n) is 9.91. The van der Waals surface area contributed by atoms with Gasteiger partial charge >= 0.3 is 0 Å². The molecule has 0 spiro atoms. The molecule has 1 atom stereocenters. The molecular weight excluding hydrogens is 442 g/mol. The van der Waals surface area contributed by atoms with Crippen LogP contribution in [-0.4, -0.2) is 20.7 Å². The van der Waals surface area contributed by atoms with Crippen LogP contribution in [0.1, 0.15) is 11.4 Å². The average Bonchev–Trinajstić information content (AvgIpc) is 2.78. The van der Waals surface area contributed by atoms with Gasteiger partial charge < -0.3 is 9.88 Å². The maximum atomic E-state index is 12.9. The third-order valence-electron chi connectivity index (χ3n) is 5.03. The fraction of sp³-hybridized carbons (Fsp3) is 0.120. The Morgan fingerprint density at radius 1 is 1.09 bits per heavy atom. The second kappa shape index (κ2) is 9.39. The molecule has 5 nitrogen and oxygen atoms in total. The number of aryl methyl sites for hydroxylation is 1. The minimum atomic E-state index is -1.39. The van der Waals surface area contributed by atoms with Crippen molar-refractivity contribution in [2.75, 3.05) is 11.4 Å². The summed E-state index contributed by atoms with van der Waals surface area (Å²) in [6, 6.07) is 20.1. The highest BCUT2D eigenvalue weighted by Crippen LogP contribution is 2.26. The molecular formula is C25H20ClN3O2S. The SMILES string of the molecule is C#CCN(Cc1cccc2nc(C)[nH]c(=O)c12)c1ccc(S(=O)c2ccccc2Cl)cc1. The molecule has 3 aromatic carbocycles. The van der Waals surface area contributed by atoms with Crippen LogP contribution in [0, 0.1) is 19.3 Å². The fourth-order valence-electron chi connectivity index (χ4n) is 3.57. The Morgan fingerprint density at radius 2 is 1.84 bits per heavy atom. The summed E-state index contributed by atoms with van der Waals surface area (Å²) in [4.78, 5) is 23.0. The predicted octanol–water partition coefficient (Wildman–Crippen LogP) is 4.69. The highest BCUT2D eigenvalue weighted by Gasteiger charge is 2.14. The highest BCUT2D eigenvalue weighted by molar-refractivity contribution is 7.85. The second-order valence-corrected chi connectivity index (χ2v) is 9.07. The van der Waals surface area contributed by atoms with E-state index in [1.54, 1.807) is 37.3 Å². The van der Waals surface area contributed by atoms with Gasteiger partial charge in [-0.25, -0.2) is 9.19 Å². The van der Waals surface area contributed by atoms with Crippen LogP contribution < -0.4 is 10.5 Å². The summed E-state index contributed by atoms with van der Waals surface area (Å²) in [5.41, 5.74) is 2.16. The summed E-state index contributed by atoms with van der Waals surface area (Å²) in [6.07, 6.45) is 5.62. The number of halogens is 1. The molecule has 0 aliphatic rings. The molecule has 0 aliphatic heterocycles. The van der Waals surface area contributed by atoms with Gasteiger partial charge in [0.1, 0.15) is 5.82 Å². The zero-order chi connectivity index (χ0) is 22.7. The Morgan fingerprint density at radius 3 is 2.56 bits per heavy atom. The van der Waals surface area contributed by atoms with Gasteiger partial charge in [-0.2, -0.15) is 0 Å². The lowest BCUT2D eigenvalue weighted by Gasteiger charge is -2.23. The minimum Gasteiger partial charge on any atom is -0.356 e. The third-order valence-corrected chi connectivity index (χ3v) is 6.93. The lowest BCUT2D eigenvalue weighted by Crippen LogP contribution is -2.24. The van der Waals surface area contributed by atoms with Crippen LogP contribution >= 0.6 is 11.6 Å². The minimum absolute atomic E-state index is 0.172. The average molecular weight is 462 g/mol. The molecule has 32 heavy (non-hydrogen) atoms. The lowest BCUT2D eigenvalue weighted by molar-refractivity contribution is 0.683. The van der Waals surface area contributed by atoms with E-state index in [0.717, 1.165) is 11.3 Å². The van der Waals surface area contributed by atoms with E-state index in [9.17, 15) is 9.00 Å². The van der Waals surface area contributed by atoms with Gasteiger partial charge in [0.2, 0.25) is 0 Å². The van der Waals surface area contributed by atoms with E-state index in [4.69, 9.17) is 18.0 Å². The number of aromatic nitrogens is 2. The van der Waals surface area contributed by atoms with Gasteiger partial charge in [0, 0.05) is 17.1 Å². The molecule has 1 unspecified atom stereocenters. The van der Waals surface area contributed by atoms with Crippen molar-refractivity contribution in [3.05, 3.63) is 93.5 Å². The molecule has 0 fully saturated rings. The summed E-state index contributed by atoms with van der Waals surface area (Å²) in [5.74, 6) is 3.25. The van der Waals surface area contributed by atoms with Crippen molar-refractivity contribution in [1.82, 2.24) is 9.97 Å². The topological polar surface area (TPSA) is 66.1 Å². The number of benzene rings is 3. The number of fused-ring (bicyclic) bond motifs is 1. The van der Waals surface area contributed by atoms with Crippen LogP contribution in [0.25, 0.3) is 10.9 Å². The Kier molecular flexibility index (Phi) is 6.40. The van der Waals surface area contributed by atoms with Crippen molar-refractivity contribution in [3.8, 4) is 12.3 Å². The van der Waals surface area contributed by atoms with Crippen molar-refractivity contribution in [2.24, 2.45) is 0 Å². The van der Waals surface area contributed by atoms with Gasteiger partial charge in [-0.05, 0) is 55.0 Å². The van der Waals surface area contributed by atoms with Gasteiger partial charge in [-0.15, -0.1) is 6.42 Å². The maximum absolute atomic E-state index is 12.9. The molecule has 4 aromatic rings. The van der Waals surface area contributed by atoms with E-state index in [1.807, 2.05) is 41.3 Å². The third kappa shape index (κ3) is 4.45. The largest absolute Gasteiger partial charge is 0.356 e. The van der Waals surface area contributed by atoms with E-state index in [0.29, 0.717) is 44.6 Å². The number of rotatable bonds is 6. The molecule has 4 rings (SSSR count). The number of hydrogen-bond acceptors (Lipinski definition) is 4. The van der Waals surface area contributed by atoms with Crippen LogP contribution in [0.2, 0.25) is 5.02 Å². The quantitative estimate of drug-likeness (QED) is 0.423. The number of nitrogens with one attached hydrogen (secondary N) is 1. The zero-order valence-corrected chi connectivity index (χ0v) is 18.9. The highest BCUT2D eigenvalue weighted by atomic mass is 35.5. The molecule has 0 saturated heterocycles. The van der Waals surface area contributed by atoms with Crippen LogP contribution in [0.3, 0.4) is 0 Å². The monoisotopic (exact) mass is 461 g/mol. The smallest absolute Gasteiger partial charge is 0.259 e. The standard InChI is InChI=1S/C25H20ClN3O2S/c1-3-15-29(16-18-7-6-9-22-24(18)25(30)28-17(2)27-22)19-11-13-20(14-12-19)32(31)23-10-5-4-8-21(23)26/h1,4-14H,15-16H2,2H3,(H,27,28,30). The van der Waals surface area contributed by atoms with Gasteiger partial charge in [-0.1, -0.05) is 41.8 Å². The Bertz CT molecular complexity index is 1410. The molecule has 0 radical (unpaired) electrons. The summed E-state index contributed by atoms with van der Waals surface area (Å²) in [6.45, 7) is 2.54. The number of hydrogen-bond donors (Lipinski definition) is 1. The Labute approximate surface area is 193 Å². The van der Waals surface area contributed by atoms with Crippen LogP contribution in [0.5, 0.6) is 0 Å². The number of anilines is 1. The first-order chi connectivity index (χ1) is 15.5. The van der Waals surface area contributed by atoms with E-state index in [2.05, 4.69) is 15.9 Å². The van der Waals surface area contributed by atoms with Gasteiger partial charge in [0.15, 0.2) is 0 Å². The van der Waals surface area contributed by atoms with Crippen LogP contribution in [0.15, 0.2) is 81.3 Å². The molecule has 1 N–H and O–H groups in total. The molecule has 0 bridgehead atoms. The number of terminal acetylenes is 1. The van der Waals surface area contributed by atoms with Crippen molar-refractivity contribution in [2.45, 2.75) is 23.3 Å². The van der Waals surface area contributed by atoms with E-state index < -0.39 is 10.8 Å². The van der Waals surface area contributed by atoms with Gasteiger partial charge in [-0.3, -0.25) is 4.79 Å². The molecule has 160 valence electrons. The van der Waals surface area contributed by atoms with Crippen molar-refractivity contribution in [1.29, 1.82) is 0 Å². The summed E-state index contributed by atoms with van der Waals surface area (Å²) < 4.78 is 12.9. The van der Waals surface area contributed by atoms with E-state index >= 15 is 0 Å². The van der Waals surface area contributed by atoms with Crippen molar-refractivity contribution >= 4 is 39.0 Å². The van der Waals surface area contributed by atoms with Crippen molar-refractivity contribution < 1.29 is 4.21 Å². The van der Waals surface area contributed by atoms with Crippen LogP contribution in [-0.2, 0) is 17.3 Å². The summed E-state index contributed by atoms with van der Waals surface area (Å²) >= 11 is 6.20. The van der Waals surface area contributed by atoms with Gasteiger partial charge in [0.05, 0.1) is 38.2 Å². The van der Waals surface area contributed by atoms with Gasteiger partial charge in [0.25, 0.3) is 5.56 Å². The van der Waals surface area contributed by atoms with Crippen molar-refractivity contribution in [3.63, 3.8) is 0 Å². The Hall–Kier alpha value is -3.40. The first-order valence-corrected chi connectivity index (χ1v) is 11.4. The number of nitrogens with zero attached hydrogens (tertiary/aromatic N) is 2. The molecule has 7 heteroatoms. The normalized spacial score (nSPS) is 11.8. The second-order valence-electron chi connectivity index (χ2n) is 7.22. The molecule has 1 heterocycles. The van der Waals surface area contributed by atoms with E-state index in [-0.39, 0.29) is 5.56 Å². The molecule has 1 aromatic heterocycles. The Balaban J connectivity index is 1.65. The summed E-state index contributed by atoms with van der Waals surface area (Å²) in [7, 11) is -1.39. The maximum Gasteiger partial charge on any atom is 0.259 e. The summed E-state index contributed by atoms with van der Waals surface area (Å²) in [5, 5.41) is 1.02. The predicted molar refractivity (Wildman–Crippen MR) is 130 cm³/mol. The lowest BCUT2D eigenvalue weighted by atomic mass is 10.1.